The molecule has 0 aliphatic rings. The molecule has 0 radical (unpaired) electrons. The lowest BCUT2D eigenvalue weighted by Crippen LogP contribution is -2.38. The molecule has 3 N–H and O–H groups in total. The normalized spacial score (nSPS) is 11.6. The number of hydrogen-bond donors (Lipinski definition) is 3. The van der Waals surface area contributed by atoms with Crippen LogP contribution in [-0.4, -0.2) is 45.1 Å². The van der Waals surface area contributed by atoms with Gasteiger partial charge in [0.05, 0.1) is 22.1 Å². The van der Waals surface area contributed by atoms with Crippen LogP contribution >= 0.6 is 24.0 Å². The topological polar surface area (TPSA) is 82.9 Å². The minimum Gasteiger partial charge on any atom is -0.357 e. The Bertz CT molecular complexity index is 1110. The van der Waals surface area contributed by atoms with Crippen molar-refractivity contribution in [1.29, 1.82) is 0 Å². The Hall–Kier alpha value is -2.62. The number of H-pyrrole nitrogens is 1. The van der Waals surface area contributed by atoms with Crippen molar-refractivity contribution in [1.82, 2.24) is 30.2 Å². The second kappa shape index (κ2) is 11.1. The van der Waals surface area contributed by atoms with Crippen molar-refractivity contribution in [2.75, 3.05) is 19.6 Å². The van der Waals surface area contributed by atoms with E-state index in [2.05, 4.69) is 68.3 Å². The summed E-state index contributed by atoms with van der Waals surface area (Å²) in [6.07, 6.45) is 1.78. The summed E-state index contributed by atoms with van der Waals surface area (Å²) in [5.74, 6) is 2.89. The molecule has 0 unspecified atom stereocenters. The van der Waals surface area contributed by atoms with E-state index in [9.17, 15) is 0 Å². The summed E-state index contributed by atoms with van der Waals surface area (Å²) in [7, 11) is 0. The number of aromatic nitrogens is 4. The number of imidazole rings is 2. The second-order valence-corrected chi connectivity index (χ2v) is 7.29. The van der Waals surface area contributed by atoms with Crippen LogP contribution in [0.15, 0.2) is 53.5 Å². The minimum absolute atomic E-state index is 0. The first-order valence-corrected chi connectivity index (χ1v) is 10.6. The molecule has 2 heterocycles. The molecule has 0 aliphatic carbocycles. The SMILES string of the molecule is CCNC(=NCCCn1c(C)nc2ccccc21)NCCc1nc2ccccc2[nH]1.I. The van der Waals surface area contributed by atoms with Gasteiger partial charge in [-0.1, -0.05) is 24.3 Å². The zero-order chi connectivity index (χ0) is 20.8. The summed E-state index contributed by atoms with van der Waals surface area (Å²) in [5, 5.41) is 6.73. The van der Waals surface area contributed by atoms with Gasteiger partial charge in [0.1, 0.15) is 11.6 Å². The number of fused-ring (bicyclic) bond motifs is 2. The van der Waals surface area contributed by atoms with Crippen LogP contribution in [0.3, 0.4) is 0 Å². The summed E-state index contributed by atoms with van der Waals surface area (Å²) in [4.78, 5) is 17.4. The number of benzene rings is 2. The van der Waals surface area contributed by atoms with Crippen molar-refractivity contribution in [2.45, 2.75) is 33.2 Å². The Balaban J connectivity index is 0.00000272. The summed E-state index contributed by atoms with van der Waals surface area (Å²) < 4.78 is 2.27. The summed E-state index contributed by atoms with van der Waals surface area (Å²) in [5.41, 5.74) is 4.33. The number of guanidine groups is 1. The van der Waals surface area contributed by atoms with E-state index >= 15 is 0 Å². The highest BCUT2D eigenvalue weighted by Gasteiger charge is 2.06. The number of nitrogens with one attached hydrogen (secondary N) is 3. The second-order valence-electron chi connectivity index (χ2n) is 7.29. The van der Waals surface area contributed by atoms with E-state index in [4.69, 9.17) is 4.99 Å². The Morgan fingerprint density at radius 1 is 1.03 bits per heavy atom. The molecule has 164 valence electrons. The van der Waals surface area contributed by atoms with Crippen molar-refractivity contribution in [3.63, 3.8) is 0 Å². The molecule has 0 saturated heterocycles. The van der Waals surface area contributed by atoms with E-state index < -0.39 is 0 Å². The number of hydrogen-bond acceptors (Lipinski definition) is 3. The zero-order valence-electron chi connectivity index (χ0n) is 18.1. The Morgan fingerprint density at radius 2 is 1.81 bits per heavy atom. The maximum absolute atomic E-state index is 4.73. The van der Waals surface area contributed by atoms with Crippen molar-refractivity contribution in [2.24, 2.45) is 4.99 Å². The molecule has 8 heteroatoms. The van der Waals surface area contributed by atoms with Crippen molar-refractivity contribution in [3.05, 3.63) is 60.2 Å². The van der Waals surface area contributed by atoms with Crippen LogP contribution in [0.25, 0.3) is 22.1 Å². The molecule has 2 aromatic heterocycles. The molecule has 0 atom stereocenters. The van der Waals surface area contributed by atoms with Gasteiger partial charge in [0.25, 0.3) is 0 Å². The van der Waals surface area contributed by atoms with E-state index in [-0.39, 0.29) is 24.0 Å². The molecule has 0 fully saturated rings. The number of aliphatic imine (C=N–C) groups is 1. The van der Waals surface area contributed by atoms with Crippen molar-refractivity contribution in [3.8, 4) is 0 Å². The average molecular weight is 531 g/mol. The lowest BCUT2D eigenvalue weighted by molar-refractivity contribution is 0.645. The van der Waals surface area contributed by atoms with E-state index in [1.165, 1.54) is 5.52 Å². The van der Waals surface area contributed by atoms with Crippen LogP contribution in [0.1, 0.15) is 25.0 Å². The highest BCUT2D eigenvalue weighted by molar-refractivity contribution is 14.0. The molecule has 0 spiro atoms. The third kappa shape index (κ3) is 5.75. The highest BCUT2D eigenvalue weighted by atomic mass is 127. The molecular formula is C23H30IN7. The van der Waals surface area contributed by atoms with Gasteiger partial charge < -0.3 is 20.2 Å². The summed E-state index contributed by atoms with van der Waals surface area (Å²) in [6.45, 7) is 7.42. The number of para-hydroxylation sites is 4. The van der Waals surface area contributed by atoms with Crippen LogP contribution in [-0.2, 0) is 13.0 Å². The predicted molar refractivity (Wildman–Crippen MR) is 138 cm³/mol. The largest absolute Gasteiger partial charge is 0.357 e. The van der Waals surface area contributed by atoms with E-state index in [1.807, 2.05) is 24.3 Å². The Kier molecular flexibility index (Phi) is 8.27. The molecule has 4 rings (SSSR count). The van der Waals surface area contributed by atoms with Gasteiger partial charge in [0.2, 0.25) is 0 Å². The van der Waals surface area contributed by atoms with Gasteiger partial charge in [-0.2, -0.15) is 0 Å². The Morgan fingerprint density at radius 3 is 2.61 bits per heavy atom. The lowest BCUT2D eigenvalue weighted by Gasteiger charge is -2.11. The van der Waals surface area contributed by atoms with E-state index in [0.29, 0.717) is 0 Å². The van der Waals surface area contributed by atoms with E-state index in [0.717, 1.165) is 73.2 Å². The average Bonchev–Trinajstić information content (AvgIpc) is 3.31. The fraction of sp³-hybridized carbons (Fsp3) is 0.348. The van der Waals surface area contributed by atoms with Gasteiger partial charge >= 0.3 is 0 Å². The van der Waals surface area contributed by atoms with Crippen LogP contribution < -0.4 is 10.6 Å². The van der Waals surface area contributed by atoms with Gasteiger partial charge in [-0.05, 0) is 44.5 Å². The molecular weight excluding hydrogens is 501 g/mol. The zero-order valence-corrected chi connectivity index (χ0v) is 20.4. The molecule has 4 aromatic rings. The molecule has 2 aromatic carbocycles. The number of halogens is 1. The van der Waals surface area contributed by atoms with Gasteiger partial charge in [-0.15, -0.1) is 24.0 Å². The number of aryl methyl sites for hydroxylation is 2. The number of aromatic amines is 1. The third-order valence-electron chi connectivity index (χ3n) is 5.09. The van der Waals surface area contributed by atoms with Crippen LogP contribution in [0, 0.1) is 6.92 Å². The van der Waals surface area contributed by atoms with Crippen molar-refractivity contribution >= 4 is 52.0 Å². The first kappa shape index (κ1) is 23.1. The van der Waals surface area contributed by atoms with Crippen LogP contribution in [0.4, 0.5) is 0 Å². The summed E-state index contributed by atoms with van der Waals surface area (Å²) in [6, 6.07) is 16.4. The van der Waals surface area contributed by atoms with Gasteiger partial charge in [-0.3, -0.25) is 4.99 Å². The standard InChI is InChI=1S/C23H29N7.HI/c1-3-24-23(26-15-13-22-28-18-9-4-5-10-19(18)29-22)25-14-8-16-30-17(2)27-20-11-6-7-12-21(20)30;/h4-7,9-12H,3,8,13-16H2,1-2H3,(H,28,29)(H2,24,25,26);1H. The van der Waals surface area contributed by atoms with E-state index in [1.54, 1.807) is 0 Å². The predicted octanol–water partition coefficient (Wildman–Crippen LogP) is 4.03. The fourth-order valence-corrected chi connectivity index (χ4v) is 3.66. The monoisotopic (exact) mass is 531 g/mol. The molecule has 31 heavy (non-hydrogen) atoms. The van der Waals surface area contributed by atoms with Gasteiger partial charge in [-0.25, -0.2) is 9.97 Å². The first-order chi connectivity index (χ1) is 14.7. The Labute approximate surface area is 199 Å². The van der Waals surface area contributed by atoms with Crippen LogP contribution in [0.2, 0.25) is 0 Å². The van der Waals surface area contributed by atoms with Gasteiger partial charge in [0.15, 0.2) is 5.96 Å². The molecule has 0 bridgehead atoms. The minimum atomic E-state index is 0. The quantitative estimate of drug-likeness (QED) is 0.139. The third-order valence-corrected chi connectivity index (χ3v) is 5.09. The molecule has 0 aliphatic heterocycles. The first-order valence-electron chi connectivity index (χ1n) is 10.6. The van der Waals surface area contributed by atoms with Crippen molar-refractivity contribution < 1.29 is 0 Å². The van der Waals surface area contributed by atoms with Crippen LogP contribution in [0.5, 0.6) is 0 Å². The van der Waals surface area contributed by atoms with Gasteiger partial charge in [0, 0.05) is 32.6 Å². The fourth-order valence-electron chi connectivity index (χ4n) is 3.66. The maximum Gasteiger partial charge on any atom is 0.191 e. The smallest absolute Gasteiger partial charge is 0.191 e. The lowest BCUT2D eigenvalue weighted by atomic mass is 10.3. The summed E-state index contributed by atoms with van der Waals surface area (Å²) >= 11 is 0. The highest BCUT2D eigenvalue weighted by Crippen LogP contribution is 2.15. The number of rotatable bonds is 8. The number of nitrogens with zero attached hydrogens (tertiary/aromatic N) is 4. The molecule has 0 saturated carbocycles. The molecule has 7 nitrogen and oxygen atoms in total. The maximum atomic E-state index is 4.73. The molecule has 0 amide bonds.